The van der Waals surface area contributed by atoms with Gasteiger partial charge < -0.3 is 9.97 Å². The van der Waals surface area contributed by atoms with E-state index in [2.05, 4.69) is 78.3 Å². The van der Waals surface area contributed by atoms with Crippen LogP contribution in [0.4, 0.5) is 0 Å². The first-order valence-electron chi connectivity index (χ1n) is 20.2. The fourth-order valence-electron chi connectivity index (χ4n) is 7.62. The molecule has 0 spiro atoms. The smallest absolute Gasteiger partial charge is 0.171 e. The number of ketones is 2. The molecule has 0 radical (unpaired) electrons. The molecule has 2 aliphatic rings. The Morgan fingerprint density at radius 2 is 0.982 bits per heavy atom. The number of carbonyl (C=O) groups excluding carboxylic acids is 2. The number of aromatic amines is 2. The molecule has 2 aliphatic heterocycles. The van der Waals surface area contributed by atoms with E-state index >= 15 is 0 Å². The van der Waals surface area contributed by atoms with E-state index in [0.717, 1.165) is 35.6 Å². The van der Waals surface area contributed by atoms with Gasteiger partial charge >= 0.3 is 0 Å². The molecule has 10 nitrogen and oxygen atoms in total. The van der Waals surface area contributed by atoms with Crippen molar-refractivity contribution in [1.82, 2.24) is 39.7 Å². The van der Waals surface area contributed by atoms with Gasteiger partial charge in [0.1, 0.15) is 11.0 Å². The van der Waals surface area contributed by atoms with E-state index < -0.39 is 10.8 Å². The minimum Gasteiger partial charge on any atom is -0.344 e. The lowest BCUT2D eigenvalue weighted by Gasteiger charge is -2.26. The van der Waals surface area contributed by atoms with Gasteiger partial charge in [0.05, 0.1) is 34.9 Å². The average molecular weight is 753 g/mol. The van der Waals surface area contributed by atoms with Gasteiger partial charge in [0, 0.05) is 47.4 Å². The van der Waals surface area contributed by atoms with Gasteiger partial charge in [-0.15, -0.1) is 0 Å². The number of hydrogen-bond acceptors (Lipinski definition) is 8. The molecule has 0 bridgehead atoms. The van der Waals surface area contributed by atoms with Crippen LogP contribution in [0.25, 0.3) is 44.8 Å². The van der Waals surface area contributed by atoms with E-state index in [9.17, 15) is 9.59 Å². The number of H-pyrrole nitrogens is 2. The van der Waals surface area contributed by atoms with Gasteiger partial charge in [0.15, 0.2) is 22.9 Å². The quantitative estimate of drug-likeness (QED) is 0.147. The number of nitrogens with zero attached hydrogens (tertiary/aromatic N) is 6. The molecule has 0 amide bonds. The molecule has 6 heterocycles. The molecular formula is C46H56N8O2. The Kier molecular flexibility index (Phi) is 11.6. The third kappa shape index (κ3) is 9.14. The Balaban J connectivity index is 0.000000172. The lowest BCUT2D eigenvalue weighted by Crippen LogP contribution is -2.29. The maximum atomic E-state index is 12.8. The van der Waals surface area contributed by atoms with Crippen LogP contribution < -0.4 is 0 Å². The summed E-state index contributed by atoms with van der Waals surface area (Å²) < 4.78 is 0. The summed E-state index contributed by atoms with van der Waals surface area (Å²) in [5, 5.41) is 0. The number of benzene rings is 2. The minimum atomic E-state index is -0.457. The monoisotopic (exact) mass is 752 g/mol. The zero-order valence-electron chi connectivity index (χ0n) is 33.9. The lowest BCUT2D eigenvalue weighted by molar-refractivity contribution is 0.0854. The summed E-state index contributed by atoms with van der Waals surface area (Å²) in [7, 11) is 0. The Bertz CT molecular complexity index is 2150. The standard InChI is InChI=1S/2C23H28N4O/c2*1-23(2,3)21(28)18-13-24-22-20(18)26-19(14-25-22)17-9-7-8-16(12-17)15-27-10-5-4-6-11-27/h2*7-9,12-14H,4-6,10-11,15H2,1-3H3,(H,24,25). The second kappa shape index (κ2) is 16.6. The minimum absolute atomic E-state index is 0.0732. The van der Waals surface area contributed by atoms with Crippen LogP contribution in [0.2, 0.25) is 0 Å². The Labute approximate surface area is 330 Å². The van der Waals surface area contributed by atoms with Crippen LogP contribution >= 0.6 is 0 Å². The van der Waals surface area contributed by atoms with E-state index in [1.165, 1.54) is 75.8 Å². The SMILES string of the molecule is CC(C)(C)C(=O)c1c[nH]c2ncc(-c3cccc(CN4CCCCC4)c3)nc12.CC(C)(C)C(=O)c1c[nH]c2ncc(-c3cccc(CN4CCCCC4)c3)nc12. The highest BCUT2D eigenvalue weighted by molar-refractivity contribution is 6.09. The van der Waals surface area contributed by atoms with Crippen LogP contribution in [0.3, 0.4) is 0 Å². The summed E-state index contributed by atoms with van der Waals surface area (Å²) in [5.41, 5.74) is 9.19. The van der Waals surface area contributed by atoms with Crippen LogP contribution in [-0.4, -0.2) is 77.4 Å². The molecule has 6 aromatic rings. The highest BCUT2D eigenvalue weighted by atomic mass is 16.1. The summed E-state index contributed by atoms with van der Waals surface area (Å²) in [4.78, 5) is 55.4. The number of likely N-dealkylation sites (tertiary alicyclic amines) is 2. The molecule has 0 aliphatic carbocycles. The van der Waals surface area contributed by atoms with Gasteiger partial charge in [-0.3, -0.25) is 19.4 Å². The second-order valence-electron chi connectivity index (χ2n) is 17.5. The molecule has 4 aromatic heterocycles. The summed E-state index contributed by atoms with van der Waals surface area (Å²) in [5.74, 6) is 0.146. The highest BCUT2D eigenvalue weighted by Gasteiger charge is 2.28. The number of hydrogen-bond donors (Lipinski definition) is 2. The molecular weight excluding hydrogens is 697 g/mol. The zero-order chi connectivity index (χ0) is 39.5. The summed E-state index contributed by atoms with van der Waals surface area (Å²) >= 11 is 0. The molecule has 56 heavy (non-hydrogen) atoms. The Morgan fingerprint density at radius 1 is 0.589 bits per heavy atom. The van der Waals surface area contributed by atoms with Gasteiger partial charge in [0.25, 0.3) is 0 Å². The van der Waals surface area contributed by atoms with Crippen molar-refractivity contribution in [2.75, 3.05) is 26.2 Å². The highest BCUT2D eigenvalue weighted by Crippen LogP contribution is 2.29. The summed E-state index contributed by atoms with van der Waals surface area (Å²) in [6.45, 7) is 18.2. The first-order chi connectivity index (χ1) is 26.8. The van der Waals surface area contributed by atoms with E-state index in [-0.39, 0.29) is 11.6 Å². The Morgan fingerprint density at radius 3 is 1.36 bits per heavy atom. The van der Waals surface area contributed by atoms with Crippen molar-refractivity contribution in [3.8, 4) is 22.5 Å². The van der Waals surface area contributed by atoms with Gasteiger partial charge in [-0.2, -0.15) is 0 Å². The predicted molar refractivity (Wildman–Crippen MR) is 224 cm³/mol. The molecule has 0 atom stereocenters. The third-order valence-corrected chi connectivity index (χ3v) is 10.8. The lowest BCUT2D eigenvalue weighted by atomic mass is 9.87. The average Bonchev–Trinajstić information content (AvgIpc) is 3.82. The number of Topliss-reactive ketones (excluding diaryl/α,β-unsaturated/α-hetero) is 2. The van der Waals surface area contributed by atoms with Crippen molar-refractivity contribution in [1.29, 1.82) is 0 Å². The van der Waals surface area contributed by atoms with Crippen molar-refractivity contribution in [3.63, 3.8) is 0 Å². The fourth-order valence-corrected chi connectivity index (χ4v) is 7.62. The molecule has 292 valence electrons. The maximum absolute atomic E-state index is 12.8. The van der Waals surface area contributed by atoms with Gasteiger partial charge in [-0.1, -0.05) is 90.8 Å². The molecule has 2 aromatic carbocycles. The topological polar surface area (TPSA) is 124 Å². The molecule has 2 fully saturated rings. The first kappa shape index (κ1) is 39.2. The Hall–Kier alpha value is -5.06. The summed E-state index contributed by atoms with van der Waals surface area (Å²) in [6, 6.07) is 17.0. The van der Waals surface area contributed by atoms with Crippen molar-refractivity contribution in [3.05, 3.63) is 95.6 Å². The van der Waals surface area contributed by atoms with E-state index in [1.807, 2.05) is 41.5 Å². The number of carbonyl (C=O) groups is 2. The number of piperidine rings is 2. The van der Waals surface area contributed by atoms with Gasteiger partial charge in [0.2, 0.25) is 0 Å². The molecule has 10 heteroatoms. The van der Waals surface area contributed by atoms with Crippen molar-refractivity contribution >= 4 is 33.9 Å². The summed E-state index contributed by atoms with van der Waals surface area (Å²) in [6.07, 6.45) is 14.9. The third-order valence-electron chi connectivity index (χ3n) is 10.8. The van der Waals surface area contributed by atoms with Crippen LogP contribution in [0.1, 0.15) is 112 Å². The van der Waals surface area contributed by atoms with Crippen LogP contribution in [-0.2, 0) is 13.1 Å². The van der Waals surface area contributed by atoms with Crippen molar-refractivity contribution < 1.29 is 9.59 Å². The zero-order valence-corrected chi connectivity index (χ0v) is 33.9. The van der Waals surface area contributed by atoms with E-state index in [4.69, 9.17) is 9.97 Å². The van der Waals surface area contributed by atoms with Crippen molar-refractivity contribution in [2.24, 2.45) is 10.8 Å². The molecule has 2 N–H and O–H groups in total. The van der Waals surface area contributed by atoms with Crippen molar-refractivity contribution in [2.45, 2.75) is 93.2 Å². The van der Waals surface area contributed by atoms with Crippen LogP contribution in [0, 0.1) is 10.8 Å². The first-order valence-corrected chi connectivity index (χ1v) is 20.2. The fraction of sp³-hybridized carbons (Fsp3) is 0.435. The molecule has 0 saturated carbocycles. The van der Waals surface area contributed by atoms with Gasteiger partial charge in [-0.05, 0) is 75.1 Å². The van der Waals surface area contributed by atoms with Gasteiger partial charge in [-0.25, -0.2) is 19.9 Å². The number of aromatic nitrogens is 6. The normalized spacial score (nSPS) is 15.8. The molecule has 0 unspecified atom stereocenters. The number of nitrogens with one attached hydrogen (secondary N) is 2. The number of fused-ring (bicyclic) bond motifs is 2. The largest absolute Gasteiger partial charge is 0.344 e. The van der Waals surface area contributed by atoms with Crippen LogP contribution in [0.5, 0.6) is 0 Å². The predicted octanol–water partition coefficient (Wildman–Crippen LogP) is 9.68. The molecule has 2 saturated heterocycles. The molecule has 8 rings (SSSR count). The van der Waals surface area contributed by atoms with E-state index in [0.29, 0.717) is 33.5 Å². The maximum Gasteiger partial charge on any atom is 0.171 e. The van der Waals surface area contributed by atoms with E-state index in [1.54, 1.807) is 24.8 Å². The number of rotatable bonds is 8. The van der Waals surface area contributed by atoms with Crippen LogP contribution in [0.15, 0.2) is 73.3 Å². The second-order valence-corrected chi connectivity index (χ2v) is 17.5.